The van der Waals surface area contributed by atoms with Crippen molar-refractivity contribution in [3.63, 3.8) is 0 Å². The number of fused-ring (bicyclic) bond motifs is 1. The van der Waals surface area contributed by atoms with Gasteiger partial charge in [-0.3, -0.25) is 4.68 Å². The molecule has 0 radical (unpaired) electrons. The first kappa shape index (κ1) is 34.5. The van der Waals surface area contributed by atoms with Crippen molar-refractivity contribution in [2.24, 2.45) is 5.73 Å². The van der Waals surface area contributed by atoms with Gasteiger partial charge in [-0.15, -0.1) is 0 Å². The van der Waals surface area contributed by atoms with Gasteiger partial charge in [-0.25, -0.2) is 35.8 Å². The first-order valence-electron chi connectivity index (χ1n) is 14.3. The molecule has 14 heteroatoms. The summed E-state index contributed by atoms with van der Waals surface area (Å²) < 4.78 is 59.1. The molecular weight excluding hydrogens is 603 g/mol. The number of hydrogen-bond donors (Lipinski definition) is 1. The van der Waals surface area contributed by atoms with Crippen LogP contribution in [0, 0.1) is 0 Å². The third-order valence-corrected chi connectivity index (χ3v) is 8.86. The molecule has 5 aromatic rings. The summed E-state index contributed by atoms with van der Waals surface area (Å²) in [5.74, 6) is 0. The molecule has 0 saturated carbocycles. The van der Waals surface area contributed by atoms with Gasteiger partial charge in [0, 0.05) is 54.2 Å². The average Bonchev–Trinajstić information content (AvgIpc) is 3.84. The standard InChI is InChI=1S/C25H22N6O5S2.2C2H6.CH5N/c1-37(32,33)25-26-10-7-22(28-25)21-15-30(19-9-12-36-16-19)29-23(21)18-13-17-8-11-31(24(17)27-14-18)38(34,35)20-5-3-2-4-6-20;3*1-2/h2-8,10-11,13-15,19H,9,12,16H2,1H3;2*1-2H3;2H2,1H3. The lowest BCUT2D eigenvalue weighted by atomic mass is 10.1. The molecule has 1 atom stereocenters. The van der Waals surface area contributed by atoms with E-state index in [0.717, 1.165) is 16.6 Å². The van der Waals surface area contributed by atoms with Gasteiger partial charge in [0.2, 0.25) is 15.0 Å². The van der Waals surface area contributed by atoms with E-state index in [1.165, 1.54) is 31.6 Å². The summed E-state index contributed by atoms with van der Waals surface area (Å²) >= 11 is 0. The van der Waals surface area contributed by atoms with Crippen LogP contribution < -0.4 is 5.73 Å². The van der Waals surface area contributed by atoms with Crippen molar-refractivity contribution in [2.45, 2.75) is 50.2 Å². The van der Waals surface area contributed by atoms with Crippen molar-refractivity contribution in [3.8, 4) is 22.5 Å². The normalized spacial score (nSPS) is 14.5. The van der Waals surface area contributed by atoms with E-state index in [-0.39, 0.29) is 21.7 Å². The number of hydrogen-bond acceptors (Lipinski definition) is 10. The minimum atomic E-state index is -3.83. The smallest absolute Gasteiger partial charge is 0.269 e. The maximum atomic E-state index is 13.2. The molecule has 5 heterocycles. The Kier molecular flexibility index (Phi) is 11.9. The predicted octanol–water partition coefficient (Wildman–Crippen LogP) is 4.59. The largest absolute Gasteiger partial charge is 0.379 e. The molecule has 0 spiro atoms. The van der Waals surface area contributed by atoms with Gasteiger partial charge in [0.25, 0.3) is 10.0 Å². The number of nitrogens with two attached hydrogens (primary N) is 1. The molecule has 12 nitrogen and oxygen atoms in total. The van der Waals surface area contributed by atoms with E-state index >= 15 is 0 Å². The van der Waals surface area contributed by atoms with Crippen LogP contribution in [0.3, 0.4) is 0 Å². The number of pyridine rings is 1. The van der Waals surface area contributed by atoms with Gasteiger partial charge < -0.3 is 10.5 Å². The molecule has 0 aliphatic carbocycles. The molecule has 1 aliphatic rings. The van der Waals surface area contributed by atoms with Crippen LogP contribution in [-0.2, 0) is 24.6 Å². The number of ether oxygens (including phenoxy) is 1. The Balaban J connectivity index is 0.000000832. The van der Waals surface area contributed by atoms with Gasteiger partial charge in [-0.05, 0) is 43.8 Å². The van der Waals surface area contributed by atoms with Crippen LogP contribution >= 0.6 is 0 Å². The SMILES string of the molecule is CC.CC.CN.CS(=O)(=O)c1nccc(-c2cn(C3CCOC3)nc2-c2cnc3c(ccn3S(=O)(=O)c3ccccc3)c2)n1. The fourth-order valence-corrected chi connectivity index (χ4v) is 6.25. The van der Waals surface area contributed by atoms with E-state index in [1.807, 2.05) is 33.9 Å². The molecule has 4 aromatic heterocycles. The van der Waals surface area contributed by atoms with Crippen molar-refractivity contribution in [1.82, 2.24) is 28.7 Å². The first-order valence-corrected chi connectivity index (χ1v) is 17.6. The van der Waals surface area contributed by atoms with Crippen molar-refractivity contribution in [2.75, 3.05) is 26.5 Å². The van der Waals surface area contributed by atoms with Crippen LogP contribution in [0.5, 0.6) is 0 Å². The zero-order valence-corrected chi connectivity index (χ0v) is 27.4. The summed E-state index contributed by atoms with van der Waals surface area (Å²) in [6, 6.07) is 13.3. The van der Waals surface area contributed by atoms with Crippen molar-refractivity contribution in [3.05, 3.63) is 73.3 Å². The average molecular weight is 642 g/mol. The van der Waals surface area contributed by atoms with Gasteiger partial charge in [0.1, 0.15) is 5.69 Å². The molecule has 0 bridgehead atoms. The highest BCUT2D eigenvalue weighted by atomic mass is 32.2. The van der Waals surface area contributed by atoms with Crippen LogP contribution in [0.1, 0.15) is 40.2 Å². The van der Waals surface area contributed by atoms with E-state index in [9.17, 15) is 16.8 Å². The maximum Gasteiger partial charge on any atom is 0.269 e. The molecule has 2 N–H and O–H groups in total. The number of aromatic nitrogens is 6. The molecule has 0 amide bonds. The zero-order chi connectivity index (χ0) is 32.5. The van der Waals surface area contributed by atoms with Crippen molar-refractivity contribution >= 4 is 30.9 Å². The lowest BCUT2D eigenvalue weighted by Gasteiger charge is -2.08. The molecule has 1 fully saturated rings. The lowest BCUT2D eigenvalue weighted by Crippen LogP contribution is -2.12. The number of nitrogens with zero attached hydrogens (tertiary/aromatic N) is 6. The second kappa shape index (κ2) is 15.1. The van der Waals surface area contributed by atoms with E-state index in [4.69, 9.17) is 9.84 Å². The van der Waals surface area contributed by atoms with E-state index < -0.39 is 19.9 Å². The van der Waals surface area contributed by atoms with Crippen LogP contribution in [0.15, 0.2) is 83.4 Å². The van der Waals surface area contributed by atoms with Crippen molar-refractivity contribution in [1.29, 1.82) is 0 Å². The highest BCUT2D eigenvalue weighted by Crippen LogP contribution is 2.34. The Morgan fingerprint density at radius 3 is 2.30 bits per heavy atom. The van der Waals surface area contributed by atoms with Gasteiger partial charge in [-0.1, -0.05) is 45.9 Å². The summed E-state index contributed by atoms with van der Waals surface area (Å²) in [6.45, 7) is 9.13. The Bertz CT molecular complexity index is 1880. The molecule has 1 aromatic carbocycles. The maximum absolute atomic E-state index is 13.2. The van der Waals surface area contributed by atoms with E-state index in [0.29, 0.717) is 41.1 Å². The topological polar surface area (TPSA) is 165 Å². The molecular formula is C30H39N7O5S2. The van der Waals surface area contributed by atoms with Gasteiger partial charge >= 0.3 is 0 Å². The second-order valence-corrected chi connectivity index (χ2v) is 12.7. The van der Waals surface area contributed by atoms with Gasteiger partial charge in [-0.2, -0.15) is 5.10 Å². The van der Waals surface area contributed by atoms with E-state index in [1.54, 1.807) is 47.3 Å². The first-order chi connectivity index (χ1) is 21.2. The number of sulfone groups is 1. The monoisotopic (exact) mass is 641 g/mol. The third-order valence-electron chi connectivity index (χ3n) is 6.32. The number of rotatable bonds is 6. The zero-order valence-electron chi connectivity index (χ0n) is 25.7. The molecule has 236 valence electrons. The second-order valence-electron chi connectivity index (χ2n) is 8.95. The molecule has 1 saturated heterocycles. The van der Waals surface area contributed by atoms with E-state index in [2.05, 4.69) is 20.7 Å². The molecule has 6 rings (SSSR count). The molecule has 1 aliphatic heterocycles. The van der Waals surface area contributed by atoms with Crippen LogP contribution in [0.25, 0.3) is 33.5 Å². The summed E-state index contributed by atoms with van der Waals surface area (Å²) in [5.41, 5.74) is 6.93. The summed E-state index contributed by atoms with van der Waals surface area (Å²) in [4.78, 5) is 12.8. The Labute approximate surface area is 258 Å². The van der Waals surface area contributed by atoms with Crippen LogP contribution in [0.4, 0.5) is 0 Å². The van der Waals surface area contributed by atoms with Gasteiger partial charge in [0.15, 0.2) is 5.65 Å². The summed E-state index contributed by atoms with van der Waals surface area (Å²) in [7, 11) is -5.95. The third kappa shape index (κ3) is 7.21. The fraction of sp³-hybridized carbons (Fsp3) is 0.333. The van der Waals surface area contributed by atoms with Crippen LogP contribution in [0.2, 0.25) is 0 Å². The Hall–Kier alpha value is -3.98. The molecule has 44 heavy (non-hydrogen) atoms. The Morgan fingerprint density at radius 1 is 0.955 bits per heavy atom. The highest BCUT2D eigenvalue weighted by Gasteiger charge is 2.25. The Morgan fingerprint density at radius 2 is 1.66 bits per heavy atom. The van der Waals surface area contributed by atoms with Crippen LogP contribution in [-0.4, -0.2) is 72.1 Å². The predicted molar refractivity (Wildman–Crippen MR) is 171 cm³/mol. The minimum absolute atomic E-state index is 0.0208. The summed E-state index contributed by atoms with van der Waals surface area (Å²) in [6.07, 6.45) is 8.09. The highest BCUT2D eigenvalue weighted by molar-refractivity contribution is 7.90. The lowest BCUT2D eigenvalue weighted by molar-refractivity contribution is 0.184. The van der Waals surface area contributed by atoms with Gasteiger partial charge in [0.05, 0.1) is 23.2 Å². The summed E-state index contributed by atoms with van der Waals surface area (Å²) in [5, 5.41) is 5.12. The quantitative estimate of drug-likeness (QED) is 0.259. The molecule has 1 unspecified atom stereocenters. The number of benzene rings is 1. The van der Waals surface area contributed by atoms with Crippen molar-refractivity contribution < 1.29 is 21.6 Å². The minimum Gasteiger partial charge on any atom is -0.379 e. The fourth-order valence-electron chi connectivity index (χ4n) is 4.41.